The van der Waals surface area contributed by atoms with Gasteiger partial charge in [-0.3, -0.25) is 4.79 Å². The second kappa shape index (κ2) is 5.57. The van der Waals surface area contributed by atoms with Gasteiger partial charge >= 0.3 is 5.97 Å². The summed E-state index contributed by atoms with van der Waals surface area (Å²) in [6.45, 7) is 0. The van der Waals surface area contributed by atoms with Crippen LogP contribution in [0.25, 0.3) is 10.8 Å². The topological polar surface area (TPSA) is 26.3 Å². The first-order chi connectivity index (χ1) is 12.0. The van der Waals surface area contributed by atoms with E-state index in [2.05, 4.69) is 28.1 Å². The summed E-state index contributed by atoms with van der Waals surface area (Å²) in [6.07, 6.45) is 8.10. The van der Waals surface area contributed by atoms with E-state index in [0.717, 1.165) is 23.6 Å². The molecule has 6 rings (SSSR count). The van der Waals surface area contributed by atoms with E-state index < -0.39 is 0 Å². The fourth-order valence-electron chi connectivity index (χ4n) is 6.25. The number of alkyl halides is 1. The molecule has 0 saturated heterocycles. The minimum absolute atomic E-state index is 0.0617. The molecular weight excluding hydrogens is 376 g/mol. The lowest BCUT2D eigenvalue weighted by molar-refractivity contribution is -0.141. The summed E-state index contributed by atoms with van der Waals surface area (Å²) >= 11 is 4.02. The fourth-order valence-corrected chi connectivity index (χ4v) is 7.76. The van der Waals surface area contributed by atoms with Gasteiger partial charge in [-0.15, -0.1) is 0 Å². The third kappa shape index (κ3) is 2.91. The smallest absolute Gasteiger partial charge is 0.311 e. The fraction of sp³-hybridized carbons (Fsp3) is 0.500. The van der Waals surface area contributed by atoms with Crippen LogP contribution in [-0.4, -0.2) is 10.3 Å². The molecule has 0 heterocycles. The van der Waals surface area contributed by atoms with Crippen LogP contribution in [0.15, 0.2) is 42.5 Å². The summed E-state index contributed by atoms with van der Waals surface area (Å²) in [5.74, 6) is 2.21. The Morgan fingerprint density at radius 1 is 1.04 bits per heavy atom. The number of halogens is 1. The first-order valence-corrected chi connectivity index (χ1v) is 10.2. The van der Waals surface area contributed by atoms with Crippen LogP contribution >= 0.6 is 15.9 Å². The Morgan fingerprint density at radius 2 is 1.76 bits per heavy atom. The van der Waals surface area contributed by atoms with Crippen molar-refractivity contribution in [1.29, 1.82) is 0 Å². The van der Waals surface area contributed by atoms with Crippen molar-refractivity contribution in [3.8, 4) is 5.75 Å². The first kappa shape index (κ1) is 15.9. The average molecular weight is 399 g/mol. The first-order valence-electron chi connectivity index (χ1n) is 9.39. The second-order valence-electron chi connectivity index (χ2n) is 8.77. The summed E-state index contributed by atoms with van der Waals surface area (Å²) in [6, 6.07) is 14.1. The summed E-state index contributed by atoms with van der Waals surface area (Å²) in [5, 5.41) is 2.28. The van der Waals surface area contributed by atoms with Crippen molar-refractivity contribution < 1.29 is 9.53 Å². The molecule has 0 radical (unpaired) electrons. The number of esters is 1. The highest BCUT2D eigenvalue weighted by Crippen LogP contribution is 2.65. The minimum Gasteiger partial charge on any atom is -0.426 e. The molecule has 2 unspecified atom stereocenters. The predicted octanol–water partition coefficient (Wildman–Crippen LogP) is 5.87. The van der Waals surface area contributed by atoms with Gasteiger partial charge in [0.05, 0.1) is 6.42 Å². The van der Waals surface area contributed by atoms with Gasteiger partial charge in [-0.25, -0.2) is 0 Å². The summed E-state index contributed by atoms with van der Waals surface area (Å²) < 4.78 is 6.03. The van der Waals surface area contributed by atoms with E-state index >= 15 is 0 Å². The quantitative estimate of drug-likeness (QED) is 0.367. The molecule has 3 heteroatoms. The molecule has 0 aliphatic heterocycles. The van der Waals surface area contributed by atoms with Gasteiger partial charge in [0.2, 0.25) is 0 Å². The number of fused-ring (bicyclic) bond motifs is 1. The Morgan fingerprint density at radius 3 is 2.48 bits per heavy atom. The van der Waals surface area contributed by atoms with Crippen LogP contribution in [0, 0.1) is 17.3 Å². The van der Waals surface area contributed by atoms with Crippen LogP contribution in [0.1, 0.15) is 44.9 Å². The number of rotatable bonds is 3. The molecule has 0 aromatic heterocycles. The van der Waals surface area contributed by atoms with Gasteiger partial charge in [0.1, 0.15) is 5.75 Å². The molecule has 0 N–H and O–H groups in total. The van der Waals surface area contributed by atoms with Gasteiger partial charge < -0.3 is 4.74 Å². The van der Waals surface area contributed by atoms with Crippen molar-refractivity contribution in [2.24, 2.45) is 17.3 Å². The average Bonchev–Trinajstić information content (AvgIpc) is 2.51. The number of carbonyl (C=O) groups excluding carboxylic acids is 1. The number of ether oxygens (including phenoxy) is 1. The standard InChI is InChI=1S/C22H23BrO2/c23-22-11-15-7-16(12-22)10-21(9-15,14-22)13-20(24)25-19-6-5-17-3-1-2-4-18(17)8-19/h1-6,8,15-16H,7,9-14H2/t15-,16+,21?,22?. The highest BCUT2D eigenvalue weighted by molar-refractivity contribution is 9.10. The molecule has 2 nitrogen and oxygen atoms in total. The maximum Gasteiger partial charge on any atom is 0.311 e. The molecular formula is C22H23BrO2. The molecule has 2 aromatic rings. The molecule has 4 fully saturated rings. The van der Waals surface area contributed by atoms with Crippen molar-refractivity contribution in [2.45, 2.75) is 49.3 Å². The van der Waals surface area contributed by atoms with E-state index in [1.54, 1.807) is 0 Å². The summed E-state index contributed by atoms with van der Waals surface area (Å²) in [5.41, 5.74) is 0.168. The second-order valence-corrected chi connectivity index (χ2v) is 10.5. The van der Waals surface area contributed by atoms with Gasteiger partial charge in [0, 0.05) is 4.32 Å². The Hall–Kier alpha value is -1.35. The Bertz CT molecular complexity index is 829. The molecule has 2 aromatic carbocycles. The Kier molecular flexibility index (Phi) is 3.54. The molecule has 0 spiro atoms. The minimum atomic E-state index is -0.0617. The SMILES string of the molecule is O=C(CC12C[C@@H]3C[C@@H](CC(Br)(C3)C1)C2)Oc1ccc2ccccc2c1. The molecule has 4 saturated carbocycles. The third-order valence-electron chi connectivity index (χ3n) is 6.58. The molecule has 4 bridgehead atoms. The lowest BCUT2D eigenvalue weighted by Crippen LogP contribution is -2.53. The molecule has 25 heavy (non-hydrogen) atoms. The van der Waals surface area contributed by atoms with Crippen LogP contribution in [0.3, 0.4) is 0 Å². The highest BCUT2D eigenvalue weighted by atomic mass is 79.9. The number of benzene rings is 2. The maximum absolute atomic E-state index is 12.7. The highest BCUT2D eigenvalue weighted by Gasteiger charge is 2.57. The van der Waals surface area contributed by atoms with Gasteiger partial charge in [-0.1, -0.05) is 46.3 Å². The van der Waals surface area contributed by atoms with Crippen molar-refractivity contribution in [3.05, 3.63) is 42.5 Å². The number of hydrogen-bond donors (Lipinski definition) is 0. The zero-order valence-electron chi connectivity index (χ0n) is 14.3. The van der Waals surface area contributed by atoms with E-state index in [0.29, 0.717) is 16.5 Å². The third-order valence-corrected chi connectivity index (χ3v) is 7.51. The van der Waals surface area contributed by atoms with E-state index in [1.807, 2.05) is 30.3 Å². The lowest BCUT2D eigenvalue weighted by atomic mass is 9.49. The summed E-state index contributed by atoms with van der Waals surface area (Å²) in [4.78, 5) is 12.7. The van der Waals surface area contributed by atoms with Gasteiger partial charge in [-0.2, -0.15) is 0 Å². The van der Waals surface area contributed by atoms with Crippen molar-refractivity contribution in [1.82, 2.24) is 0 Å². The molecule has 0 amide bonds. The molecule has 4 atom stereocenters. The lowest BCUT2D eigenvalue weighted by Gasteiger charge is -2.60. The van der Waals surface area contributed by atoms with Crippen LogP contribution < -0.4 is 4.74 Å². The van der Waals surface area contributed by atoms with E-state index in [-0.39, 0.29) is 11.4 Å². The van der Waals surface area contributed by atoms with Gasteiger partial charge in [-0.05, 0) is 78.7 Å². The predicted molar refractivity (Wildman–Crippen MR) is 103 cm³/mol. The monoisotopic (exact) mass is 398 g/mol. The number of hydrogen-bond acceptors (Lipinski definition) is 2. The summed E-state index contributed by atoms with van der Waals surface area (Å²) in [7, 11) is 0. The van der Waals surface area contributed by atoms with Crippen LogP contribution in [0.2, 0.25) is 0 Å². The Labute approximate surface area is 157 Å². The zero-order valence-corrected chi connectivity index (χ0v) is 15.9. The normalized spacial score (nSPS) is 35.9. The molecule has 130 valence electrons. The van der Waals surface area contributed by atoms with Crippen molar-refractivity contribution in [2.75, 3.05) is 0 Å². The van der Waals surface area contributed by atoms with Crippen LogP contribution in [-0.2, 0) is 4.79 Å². The largest absolute Gasteiger partial charge is 0.426 e. The zero-order chi connectivity index (χ0) is 17.1. The Balaban J connectivity index is 1.33. The van der Waals surface area contributed by atoms with Crippen molar-refractivity contribution >= 4 is 32.7 Å². The maximum atomic E-state index is 12.7. The van der Waals surface area contributed by atoms with E-state index in [9.17, 15) is 4.79 Å². The van der Waals surface area contributed by atoms with Gasteiger partial charge in [0.25, 0.3) is 0 Å². The molecule has 4 aliphatic rings. The van der Waals surface area contributed by atoms with E-state index in [1.165, 1.54) is 37.5 Å². The van der Waals surface area contributed by atoms with Gasteiger partial charge in [0.15, 0.2) is 0 Å². The molecule has 4 aliphatic carbocycles. The van der Waals surface area contributed by atoms with Crippen LogP contribution in [0.4, 0.5) is 0 Å². The number of carbonyl (C=O) groups is 1. The van der Waals surface area contributed by atoms with Crippen LogP contribution in [0.5, 0.6) is 5.75 Å². The van der Waals surface area contributed by atoms with Crippen molar-refractivity contribution in [3.63, 3.8) is 0 Å². The van der Waals surface area contributed by atoms with E-state index in [4.69, 9.17) is 4.74 Å².